The first kappa shape index (κ1) is 12.5. The fraction of sp³-hybridized carbons (Fsp3) is 0.385. The predicted molar refractivity (Wildman–Crippen MR) is 67.7 cm³/mol. The Kier molecular flexibility index (Phi) is 4.12. The van der Waals surface area contributed by atoms with Crippen molar-refractivity contribution in [2.24, 2.45) is 5.41 Å². The van der Waals surface area contributed by atoms with E-state index in [-0.39, 0.29) is 5.41 Å². The topological polar surface area (TPSA) is 20.2 Å². The van der Waals surface area contributed by atoms with Gasteiger partial charge in [-0.15, -0.1) is 0 Å². The molecule has 0 aromatic heterocycles. The molecule has 0 radical (unpaired) electrons. The summed E-state index contributed by atoms with van der Waals surface area (Å²) in [5, 5.41) is 9.95. The Labute approximate surface area is 100.0 Å². The molecule has 1 N–H and O–H groups in total. The van der Waals surface area contributed by atoms with Crippen LogP contribution in [0.3, 0.4) is 0 Å². The molecule has 1 aromatic rings. The highest BCUT2D eigenvalue weighted by atomic mass is 79.9. The maximum atomic E-state index is 9.95. The Morgan fingerprint density at radius 3 is 2.40 bits per heavy atom. The number of rotatable bonds is 2. The summed E-state index contributed by atoms with van der Waals surface area (Å²) >= 11 is 3.42. The molecule has 0 spiro atoms. The van der Waals surface area contributed by atoms with Crippen molar-refractivity contribution < 1.29 is 5.11 Å². The Morgan fingerprint density at radius 2 is 1.87 bits per heavy atom. The first-order valence-corrected chi connectivity index (χ1v) is 5.81. The third kappa shape index (κ3) is 4.18. The van der Waals surface area contributed by atoms with E-state index in [1.807, 2.05) is 36.4 Å². The van der Waals surface area contributed by atoms with Gasteiger partial charge < -0.3 is 5.11 Å². The van der Waals surface area contributed by atoms with Crippen LogP contribution in [-0.4, -0.2) is 5.11 Å². The van der Waals surface area contributed by atoms with Gasteiger partial charge in [0.1, 0.15) is 0 Å². The molecule has 1 nitrogen and oxygen atoms in total. The van der Waals surface area contributed by atoms with E-state index in [0.29, 0.717) is 0 Å². The number of aliphatic hydroxyl groups excluding tert-OH is 1. The van der Waals surface area contributed by atoms with E-state index < -0.39 is 6.10 Å². The van der Waals surface area contributed by atoms with Crippen LogP contribution in [0, 0.1) is 5.41 Å². The summed E-state index contributed by atoms with van der Waals surface area (Å²) in [7, 11) is 0. The van der Waals surface area contributed by atoms with E-state index in [2.05, 4.69) is 36.7 Å². The van der Waals surface area contributed by atoms with Crippen LogP contribution < -0.4 is 0 Å². The van der Waals surface area contributed by atoms with Gasteiger partial charge in [0.15, 0.2) is 0 Å². The zero-order valence-electron chi connectivity index (χ0n) is 9.37. The van der Waals surface area contributed by atoms with Gasteiger partial charge in [-0.25, -0.2) is 0 Å². The van der Waals surface area contributed by atoms with Crippen molar-refractivity contribution in [3.05, 3.63) is 46.5 Å². The molecule has 0 bridgehead atoms. The normalized spacial score (nSPS) is 14.5. The molecule has 15 heavy (non-hydrogen) atoms. The third-order valence-electron chi connectivity index (χ3n) is 2.00. The lowest BCUT2D eigenvalue weighted by atomic mass is 9.95. The van der Waals surface area contributed by atoms with E-state index >= 15 is 0 Å². The van der Waals surface area contributed by atoms with Crippen LogP contribution in [0.1, 0.15) is 32.4 Å². The Balaban J connectivity index is 2.82. The van der Waals surface area contributed by atoms with E-state index in [0.717, 1.165) is 10.0 Å². The molecule has 0 saturated carbocycles. The van der Waals surface area contributed by atoms with Crippen LogP contribution in [0.25, 0.3) is 0 Å². The van der Waals surface area contributed by atoms with Gasteiger partial charge in [-0.1, -0.05) is 67.1 Å². The molecule has 1 atom stereocenters. The molecule has 0 aliphatic heterocycles. The number of aliphatic hydroxyl groups is 1. The smallest absolute Gasteiger partial charge is 0.0982 e. The molecule has 2 heteroatoms. The van der Waals surface area contributed by atoms with Crippen LogP contribution in [0.15, 0.2) is 40.9 Å². The van der Waals surface area contributed by atoms with Gasteiger partial charge in [0.25, 0.3) is 0 Å². The second kappa shape index (κ2) is 4.95. The van der Waals surface area contributed by atoms with Gasteiger partial charge in [0.05, 0.1) is 6.10 Å². The summed E-state index contributed by atoms with van der Waals surface area (Å²) in [5.74, 6) is 0. The predicted octanol–water partition coefficient (Wildman–Crippen LogP) is 4.08. The van der Waals surface area contributed by atoms with E-state index in [4.69, 9.17) is 0 Å². The van der Waals surface area contributed by atoms with Crippen LogP contribution in [-0.2, 0) is 0 Å². The van der Waals surface area contributed by atoms with Crippen LogP contribution in [0.2, 0.25) is 0 Å². The van der Waals surface area contributed by atoms with E-state index in [9.17, 15) is 5.11 Å². The highest BCUT2D eigenvalue weighted by Crippen LogP contribution is 2.25. The van der Waals surface area contributed by atoms with Crippen molar-refractivity contribution in [2.75, 3.05) is 0 Å². The lowest BCUT2D eigenvalue weighted by Crippen LogP contribution is -2.01. The molecule has 82 valence electrons. The Morgan fingerprint density at radius 1 is 1.27 bits per heavy atom. The minimum atomic E-state index is -0.542. The van der Waals surface area contributed by atoms with Gasteiger partial charge in [0, 0.05) is 4.47 Å². The van der Waals surface area contributed by atoms with Crippen molar-refractivity contribution in [3.8, 4) is 0 Å². The highest BCUT2D eigenvalue weighted by molar-refractivity contribution is 9.10. The van der Waals surface area contributed by atoms with E-state index in [1.54, 1.807) is 0 Å². The molecule has 0 heterocycles. The first-order chi connectivity index (χ1) is 6.90. The molecule has 0 aliphatic rings. The van der Waals surface area contributed by atoms with Gasteiger partial charge in [-0.05, 0) is 17.0 Å². The molecule has 1 aromatic carbocycles. The van der Waals surface area contributed by atoms with Gasteiger partial charge in [-0.2, -0.15) is 0 Å². The highest BCUT2D eigenvalue weighted by Gasteiger charge is 2.09. The number of hydrogen-bond acceptors (Lipinski definition) is 1. The van der Waals surface area contributed by atoms with Crippen molar-refractivity contribution in [1.29, 1.82) is 0 Å². The van der Waals surface area contributed by atoms with Crippen molar-refractivity contribution in [3.63, 3.8) is 0 Å². The SMILES string of the molecule is CC(C)(C)C=C[C@H](O)c1ccccc1Br. The minimum absolute atomic E-state index is 0.0994. The summed E-state index contributed by atoms with van der Waals surface area (Å²) in [5.41, 5.74) is 1.00. The Bertz CT molecular complexity index is 350. The minimum Gasteiger partial charge on any atom is -0.384 e. The number of hydrogen-bond donors (Lipinski definition) is 1. The van der Waals surface area contributed by atoms with Gasteiger partial charge in [-0.3, -0.25) is 0 Å². The first-order valence-electron chi connectivity index (χ1n) is 5.02. The van der Waals surface area contributed by atoms with Crippen LogP contribution in [0.4, 0.5) is 0 Å². The fourth-order valence-electron chi connectivity index (χ4n) is 1.20. The van der Waals surface area contributed by atoms with Crippen LogP contribution in [0.5, 0.6) is 0 Å². The molecule has 0 fully saturated rings. The Hall–Kier alpha value is -0.600. The van der Waals surface area contributed by atoms with E-state index in [1.165, 1.54) is 0 Å². The van der Waals surface area contributed by atoms with Gasteiger partial charge >= 0.3 is 0 Å². The van der Waals surface area contributed by atoms with Crippen molar-refractivity contribution in [1.82, 2.24) is 0 Å². The largest absolute Gasteiger partial charge is 0.384 e. The molecule has 0 amide bonds. The standard InChI is InChI=1S/C13H17BrO/c1-13(2,3)9-8-12(15)10-6-4-5-7-11(10)14/h4-9,12,15H,1-3H3/t12-/m0/s1. The molecule has 0 saturated heterocycles. The van der Waals surface area contributed by atoms with Crippen LogP contribution >= 0.6 is 15.9 Å². The molecule has 0 aliphatic carbocycles. The third-order valence-corrected chi connectivity index (χ3v) is 2.72. The molecule has 1 rings (SSSR count). The summed E-state index contributed by atoms with van der Waals surface area (Å²) in [6.45, 7) is 6.32. The average molecular weight is 269 g/mol. The average Bonchev–Trinajstić information content (AvgIpc) is 2.14. The number of benzene rings is 1. The lowest BCUT2D eigenvalue weighted by Gasteiger charge is -2.14. The van der Waals surface area contributed by atoms with Crippen molar-refractivity contribution in [2.45, 2.75) is 26.9 Å². The zero-order valence-corrected chi connectivity index (χ0v) is 11.0. The van der Waals surface area contributed by atoms with Crippen molar-refractivity contribution >= 4 is 15.9 Å². The number of allylic oxidation sites excluding steroid dienone is 1. The molecular weight excluding hydrogens is 252 g/mol. The fourth-order valence-corrected chi connectivity index (χ4v) is 1.72. The second-order valence-electron chi connectivity index (χ2n) is 4.69. The zero-order chi connectivity index (χ0) is 11.5. The summed E-state index contributed by atoms with van der Waals surface area (Å²) in [6, 6.07) is 7.72. The maximum Gasteiger partial charge on any atom is 0.0982 e. The quantitative estimate of drug-likeness (QED) is 0.802. The monoisotopic (exact) mass is 268 g/mol. The summed E-state index contributed by atoms with van der Waals surface area (Å²) in [4.78, 5) is 0. The summed E-state index contributed by atoms with van der Waals surface area (Å²) < 4.78 is 0.941. The molecule has 0 unspecified atom stereocenters. The maximum absolute atomic E-state index is 9.95. The number of halogens is 1. The van der Waals surface area contributed by atoms with Gasteiger partial charge in [0.2, 0.25) is 0 Å². The summed E-state index contributed by atoms with van der Waals surface area (Å²) in [6.07, 6.45) is 3.32. The molecular formula is C13H17BrO. The lowest BCUT2D eigenvalue weighted by molar-refractivity contribution is 0.226. The second-order valence-corrected chi connectivity index (χ2v) is 5.55.